The van der Waals surface area contributed by atoms with Crippen LogP contribution in [0.15, 0.2) is 12.3 Å². The molecule has 1 aliphatic rings. The van der Waals surface area contributed by atoms with Gasteiger partial charge in [-0.1, -0.05) is 49.9 Å². The average Bonchev–Trinajstić information content (AvgIpc) is 2.28. The van der Waals surface area contributed by atoms with Gasteiger partial charge in [0.25, 0.3) is 0 Å². The number of nitrogens with zero attached hydrogens (tertiary/aromatic N) is 1. The van der Waals surface area contributed by atoms with Gasteiger partial charge in [-0.3, -0.25) is 0 Å². The number of pyridine rings is 1. The second kappa shape index (κ2) is 5.45. The van der Waals surface area contributed by atoms with Crippen molar-refractivity contribution in [3.63, 3.8) is 0 Å². The van der Waals surface area contributed by atoms with Crippen LogP contribution in [-0.4, -0.2) is 11.0 Å². The molecule has 0 radical (unpaired) electrons. The minimum atomic E-state index is 0.463. The van der Waals surface area contributed by atoms with Gasteiger partial charge in [0, 0.05) is 12.2 Å². The number of nitrogens with one attached hydrogen (secondary N) is 1. The molecule has 2 nitrogen and oxygen atoms in total. The molecule has 94 valence electrons. The molecule has 1 aliphatic carbocycles. The summed E-state index contributed by atoms with van der Waals surface area (Å²) in [7, 11) is 0. The van der Waals surface area contributed by atoms with Gasteiger partial charge in [-0.15, -0.1) is 0 Å². The van der Waals surface area contributed by atoms with E-state index in [2.05, 4.69) is 24.1 Å². The summed E-state index contributed by atoms with van der Waals surface area (Å²) >= 11 is 12.0. The highest BCUT2D eigenvalue weighted by molar-refractivity contribution is 6.35. The van der Waals surface area contributed by atoms with Crippen molar-refractivity contribution < 1.29 is 0 Å². The molecule has 3 atom stereocenters. The van der Waals surface area contributed by atoms with Crippen molar-refractivity contribution in [2.24, 2.45) is 11.8 Å². The first kappa shape index (κ1) is 13.0. The lowest BCUT2D eigenvalue weighted by Gasteiger charge is -2.35. The molecule has 0 bridgehead atoms. The number of hydrogen-bond donors (Lipinski definition) is 1. The molecule has 0 spiro atoms. The van der Waals surface area contributed by atoms with Crippen LogP contribution in [0.1, 0.15) is 33.1 Å². The van der Waals surface area contributed by atoms with E-state index in [9.17, 15) is 0 Å². The third kappa shape index (κ3) is 3.05. The van der Waals surface area contributed by atoms with Gasteiger partial charge in [-0.05, 0) is 24.3 Å². The molecule has 1 aromatic rings. The molecule has 1 aromatic heterocycles. The summed E-state index contributed by atoms with van der Waals surface area (Å²) in [5.74, 6) is 2.16. The molecule has 3 unspecified atom stereocenters. The Labute approximate surface area is 113 Å². The van der Waals surface area contributed by atoms with E-state index in [4.69, 9.17) is 23.2 Å². The van der Waals surface area contributed by atoms with Gasteiger partial charge >= 0.3 is 0 Å². The molecular formula is C13H18Cl2N2. The van der Waals surface area contributed by atoms with Crippen LogP contribution in [-0.2, 0) is 0 Å². The Balaban J connectivity index is 2.09. The Morgan fingerprint density at radius 3 is 2.76 bits per heavy atom. The SMILES string of the molecule is CC1CCCC(Nc2ncc(Cl)cc2Cl)C1C. The summed E-state index contributed by atoms with van der Waals surface area (Å²) in [4.78, 5) is 4.26. The minimum absolute atomic E-state index is 0.463. The zero-order valence-corrected chi connectivity index (χ0v) is 11.7. The standard InChI is InChI=1S/C13H18Cl2N2/c1-8-4-3-5-12(9(8)2)17-13-11(15)6-10(14)7-16-13/h6-9,12H,3-5H2,1-2H3,(H,16,17). The fourth-order valence-corrected chi connectivity index (χ4v) is 2.92. The molecule has 1 heterocycles. The fourth-order valence-electron chi connectivity index (χ4n) is 2.48. The third-order valence-electron chi connectivity index (χ3n) is 3.84. The zero-order chi connectivity index (χ0) is 12.4. The van der Waals surface area contributed by atoms with Crippen LogP contribution in [0.5, 0.6) is 0 Å². The highest BCUT2D eigenvalue weighted by Crippen LogP contribution is 2.33. The monoisotopic (exact) mass is 272 g/mol. The highest BCUT2D eigenvalue weighted by Gasteiger charge is 2.27. The van der Waals surface area contributed by atoms with Gasteiger partial charge < -0.3 is 5.32 Å². The molecule has 2 rings (SSSR count). The highest BCUT2D eigenvalue weighted by atomic mass is 35.5. The molecule has 0 aromatic carbocycles. The van der Waals surface area contributed by atoms with Gasteiger partial charge in [0.1, 0.15) is 5.82 Å². The Morgan fingerprint density at radius 1 is 1.29 bits per heavy atom. The first-order valence-corrected chi connectivity index (χ1v) is 6.91. The van der Waals surface area contributed by atoms with E-state index in [1.165, 1.54) is 19.3 Å². The average molecular weight is 273 g/mol. The van der Waals surface area contributed by atoms with Gasteiger partial charge in [0.2, 0.25) is 0 Å². The lowest BCUT2D eigenvalue weighted by Crippen LogP contribution is -2.35. The van der Waals surface area contributed by atoms with Crippen molar-refractivity contribution in [3.8, 4) is 0 Å². The van der Waals surface area contributed by atoms with Crippen LogP contribution in [0.2, 0.25) is 10.0 Å². The fraction of sp³-hybridized carbons (Fsp3) is 0.615. The van der Waals surface area contributed by atoms with Crippen LogP contribution >= 0.6 is 23.2 Å². The van der Waals surface area contributed by atoms with Gasteiger partial charge in [0.05, 0.1) is 10.0 Å². The second-order valence-electron chi connectivity index (χ2n) is 5.00. The summed E-state index contributed by atoms with van der Waals surface area (Å²) in [6.07, 6.45) is 5.41. The van der Waals surface area contributed by atoms with Crippen molar-refractivity contribution in [2.75, 3.05) is 5.32 Å². The molecule has 0 aliphatic heterocycles. The van der Waals surface area contributed by atoms with Gasteiger partial charge in [-0.25, -0.2) is 4.98 Å². The third-order valence-corrected chi connectivity index (χ3v) is 4.33. The maximum absolute atomic E-state index is 6.12. The molecule has 4 heteroatoms. The summed E-state index contributed by atoms with van der Waals surface area (Å²) in [5, 5.41) is 4.63. The summed E-state index contributed by atoms with van der Waals surface area (Å²) in [6, 6.07) is 2.19. The first-order valence-electron chi connectivity index (χ1n) is 6.15. The molecule has 17 heavy (non-hydrogen) atoms. The Bertz CT molecular complexity index is 395. The number of anilines is 1. The van der Waals surface area contributed by atoms with Crippen molar-refractivity contribution in [2.45, 2.75) is 39.2 Å². The van der Waals surface area contributed by atoms with E-state index in [-0.39, 0.29) is 0 Å². The van der Waals surface area contributed by atoms with Crippen molar-refractivity contribution in [1.82, 2.24) is 4.98 Å². The van der Waals surface area contributed by atoms with Gasteiger partial charge in [0.15, 0.2) is 0 Å². The summed E-state index contributed by atoms with van der Waals surface area (Å²) in [5.41, 5.74) is 0. The van der Waals surface area contributed by atoms with Crippen molar-refractivity contribution in [1.29, 1.82) is 0 Å². The van der Waals surface area contributed by atoms with E-state index in [1.807, 2.05) is 0 Å². The number of hydrogen-bond acceptors (Lipinski definition) is 2. The van der Waals surface area contributed by atoms with Gasteiger partial charge in [-0.2, -0.15) is 0 Å². The molecule has 1 fully saturated rings. The first-order chi connectivity index (χ1) is 8.08. The normalized spacial score (nSPS) is 29.1. The van der Waals surface area contributed by atoms with E-state index < -0.39 is 0 Å². The molecule has 1 saturated carbocycles. The maximum atomic E-state index is 6.12. The topological polar surface area (TPSA) is 24.9 Å². The molecule has 1 N–H and O–H groups in total. The van der Waals surface area contributed by atoms with Crippen LogP contribution in [0.25, 0.3) is 0 Å². The lowest BCUT2D eigenvalue weighted by atomic mass is 9.78. The van der Waals surface area contributed by atoms with Crippen LogP contribution in [0.4, 0.5) is 5.82 Å². The Morgan fingerprint density at radius 2 is 2.06 bits per heavy atom. The number of aromatic nitrogens is 1. The van der Waals surface area contributed by atoms with Crippen LogP contribution in [0.3, 0.4) is 0 Å². The van der Waals surface area contributed by atoms with Crippen molar-refractivity contribution >= 4 is 29.0 Å². The largest absolute Gasteiger partial charge is 0.366 e. The number of halogens is 2. The van der Waals surface area contributed by atoms with E-state index in [1.54, 1.807) is 12.3 Å². The van der Waals surface area contributed by atoms with E-state index in [0.717, 1.165) is 11.7 Å². The molecule has 0 amide bonds. The molecular weight excluding hydrogens is 255 g/mol. The Hall–Kier alpha value is -0.470. The van der Waals surface area contributed by atoms with Crippen LogP contribution in [0, 0.1) is 11.8 Å². The smallest absolute Gasteiger partial charge is 0.145 e. The van der Waals surface area contributed by atoms with E-state index >= 15 is 0 Å². The molecule has 0 saturated heterocycles. The maximum Gasteiger partial charge on any atom is 0.145 e. The Kier molecular flexibility index (Phi) is 4.16. The number of rotatable bonds is 2. The summed E-state index contributed by atoms with van der Waals surface area (Å²) < 4.78 is 0. The lowest BCUT2D eigenvalue weighted by molar-refractivity contribution is 0.253. The summed E-state index contributed by atoms with van der Waals surface area (Å²) in [6.45, 7) is 4.61. The predicted octanol–water partition coefficient (Wildman–Crippen LogP) is 4.63. The zero-order valence-electron chi connectivity index (χ0n) is 10.2. The second-order valence-corrected chi connectivity index (χ2v) is 5.85. The predicted molar refractivity (Wildman–Crippen MR) is 73.8 cm³/mol. The van der Waals surface area contributed by atoms with Crippen molar-refractivity contribution in [3.05, 3.63) is 22.3 Å². The van der Waals surface area contributed by atoms with E-state index in [0.29, 0.717) is 22.0 Å². The van der Waals surface area contributed by atoms with Crippen LogP contribution < -0.4 is 5.32 Å². The quantitative estimate of drug-likeness (QED) is 0.850. The minimum Gasteiger partial charge on any atom is -0.366 e.